The summed E-state index contributed by atoms with van der Waals surface area (Å²) in [4.78, 5) is 62.8. The largest absolute Gasteiger partial charge is 0.537 e. The molecule has 23 nitrogen and oxygen atoms in total. The number of carbonyl (C=O) groups is 4. The van der Waals surface area contributed by atoms with Gasteiger partial charge in [0.15, 0.2) is 23.6 Å². The number of aliphatic hydroxyl groups is 1. The number of esters is 4. The summed E-state index contributed by atoms with van der Waals surface area (Å²) in [6.45, 7) is 17.4. The van der Waals surface area contributed by atoms with Crippen LogP contribution in [0.5, 0.6) is 5.88 Å². The Bertz CT molecular complexity index is 2100. The minimum atomic E-state index is -4.99. The SMILES string of the molecule is [3H]CCNc1nc(OP(=O)(OCOC(=O)C(C)(C)C)OCOC(=O)C(C)(C)C)c2ncn([C@@H]3O[C@](C=C)(COP(=O)(OCOC(=O)C(C)(C)C)OCOC(=O)C(C)(C)C)[C@@H](CCO[3H])[C@H]3F)c2n1. The fourth-order valence-corrected chi connectivity index (χ4v) is 7.08. The van der Waals surface area contributed by atoms with Crippen molar-refractivity contribution < 1.29 is 90.0 Å². The van der Waals surface area contributed by atoms with E-state index in [1.54, 1.807) is 83.1 Å². The first kappa shape index (κ1) is 52.8. The molecule has 1 aliphatic heterocycles. The molecular weight excluding hydrogens is 919 g/mol. The molecule has 2 aromatic heterocycles. The van der Waals surface area contributed by atoms with Crippen molar-refractivity contribution in [3.8, 4) is 5.88 Å². The maximum atomic E-state index is 17.1. The molecule has 3 heterocycles. The van der Waals surface area contributed by atoms with Crippen LogP contribution in [0.4, 0.5) is 10.3 Å². The lowest BCUT2D eigenvalue weighted by Gasteiger charge is -2.32. The number of halogens is 1. The number of fused-ring (bicyclic) bond motifs is 1. The van der Waals surface area contributed by atoms with Crippen LogP contribution in [-0.4, -0.2) is 109 Å². The van der Waals surface area contributed by atoms with Gasteiger partial charge >= 0.3 is 39.5 Å². The van der Waals surface area contributed by atoms with Gasteiger partial charge in [-0.05, 0) is 96.4 Å². The molecule has 0 unspecified atom stereocenters. The van der Waals surface area contributed by atoms with E-state index in [0.29, 0.717) is 0 Å². The number of hydrogen-bond donors (Lipinski definition) is 2. The molecule has 2 aromatic rings. The number of imidazole rings is 1. The first-order valence-corrected chi connectivity index (χ1v) is 23.4. The Morgan fingerprint density at radius 3 is 1.73 bits per heavy atom. The van der Waals surface area contributed by atoms with Crippen LogP contribution in [0.2, 0.25) is 0 Å². The van der Waals surface area contributed by atoms with E-state index in [0.717, 1.165) is 17.0 Å². The van der Waals surface area contributed by atoms with E-state index in [1.165, 1.54) is 0 Å². The molecule has 0 saturated carbocycles. The normalized spacial score (nSPS) is 20.0. The highest BCUT2D eigenvalue weighted by Gasteiger charge is 2.56. The fraction of sp³-hybridized carbons (Fsp3) is 0.725. The first-order chi connectivity index (χ1) is 31.3. The first-order valence-electron chi connectivity index (χ1n) is 21.6. The number of anilines is 1. The van der Waals surface area contributed by atoms with Crippen LogP contribution in [-0.2, 0) is 74.6 Å². The van der Waals surface area contributed by atoms with Crippen LogP contribution in [0.1, 0.15) is 104 Å². The van der Waals surface area contributed by atoms with Crippen LogP contribution in [0, 0.1) is 27.6 Å². The highest BCUT2D eigenvalue weighted by atomic mass is 31.2. The second-order valence-electron chi connectivity index (χ2n) is 18.8. The highest BCUT2D eigenvalue weighted by molar-refractivity contribution is 7.49. The number of nitrogens with zero attached hydrogens (tertiary/aromatic N) is 4. The number of rotatable bonds is 24. The van der Waals surface area contributed by atoms with Gasteiger partial charge in [-0.2, -0.15) is 9.97 Å². The third kappa shape index (κ3) is 15.2. The Kier molecular flexibility index (Phi) is 17.9. The standard InChI is InChI=1S/C40H64FN5O18P2/c1-15-40(19-58-65(52,59-21-54-31(48)36(3,4)5)60-22-55-32(49)37(6,7)8)25(17-18-47)26(41)30(63-40)46-20-43-27-28(46)44-35(42-16-2)45-29(27)64-66(53,61-23-56-33(50)38(9,10)11)62-24-57-34(51)39(12,13)14/h15,20,25-26,30,47H,1,16-19,21-24H2,2-14H3,(H,42,44,45)/t25-,26+,30+,40+/m0/s1/i2T,47T. The van der Waals surface area contributed by atoms with Crippen LogP contribution < -0.4 is 9.84 Å². The minimum absolute atomic E-state index is 0.0258. The van der Waals surface area contributed by atoms with Gasteiger partial charge in [0.05, 0.1) is 34.6 Å². The van der Waals surface area contributed by atoms with Gasteiger partial charge in [0.25, 0.3) is 5.88 Å². The van der Waals surface area contributed by atoms with Crippen LogP contribution in [0.25, 0.3) is 11.2 Å². The molecule has 1 fully saturated rings. The maximum Gasteiger partial charge on any atom is 0.537 e. The van der Waals surface area contributed by atoms with Gasteiger partial charge in [-0.25, -0.2) is 36.6 Å². The molecule has 2 N–H and O–H groups in total. The highest BCUT2D eigenvalue weighted by Crippen LogP contribution is 2.55. The van der Waals surface area contributed by atoms with Gasteiger partial charge in [0, 0.05) is 20.4 Å². The van der Waals surface area contributed by atoms with E-state index in [-0.39, 0.29) is 43.6 Å². The predicted octanol–water partition coefficient (Wildman–Crippen LogP) is 6.91. The third-order valence-electron chi connectivity index (χ3n) is 9.05. The number of nitrogens with one attached hydrogen (secondary N) is 1. The second kappa shape index (κ2) is 22.3. The molecule has 26 heteroatoms. The van der Waals surface area contributed by atoms with Crippen molar-refractivity contribution in [3.05, 3.63) is 19.0 Å². The monoisotopic (exact) mass is 987 g/mol. The zero-order valence-electron chi connectivity index (χ0n) is 41.4. The molecule has 0 radical (unpaired) electrons. The molecule has 0 aromatic carbocycles. The Balaban J connectivity index is 2.08. The van der Waals surface area contributed by atoms with Crippen LogP contribution in [0.3, 0.4) is 0 Å². The Hall–Kier alpha value is -4.12. The zero-order valence-corrected chi connectivity index (χ0v) is 41.2. The number of phosphoric ester groups is 2. The number of aliphatic hydroxyl groups excluding tert-OH is 1. The average molecular weight is 988 g/mol. The van der Waals surface area contributed by atoms with Crippen LogP contribution >= 0.6 is 15.6 Å². The van der Waals surface area contributed by atoms with Crippen molar-refractivity contribution in [2.24, 2.45) is 27.6 Å². The zero-order chi connectivity index (χ0) is 51.5. The van der Waals surface area contributed by atoms with Crippen molar-refractivity contribution in [2.75, 3.05) is 52.2 Å². The summed E-state index contributed by atoms with van der Waals surface area (Å²) in [6.07, 6.45) is -1.74. The van der Waals surface area contributed by atoms with Crippen molar-refractivity contribution in [2.45, 2.75) is 114 Å². The molecule has 0 aliphatic carbocycles. The van der Waals surface area contributed by atoms with Crippen molar-refractivity contribution in [1.29, 1.82) is 1.43 Å². The molecule has 1 saturated heterocycles. The number of hydrogen-bond acceptors (Lipinski definition) is 22. The molecule has 374 valence electrons. The lowest BCUT2D eigenvalue weighted by Crippen LogP contribution is -2.40. The maximum absolute atomic E-state index is 17.1. The molecule has 66 heavy (non-hydrogen) atoms. The summed E-state index contributed by atoms with van der Waals surface area (Å²) in [6, 6.07) is 0. The molecule has 0 spiro atoms. The number of alkyl halides is 1. The van der Waals surface area contributed by atoms with Gasteiger partial charge in [-0.3, -0.25) is 28.3 Å². The summed E-state index contributed by atoms with van der Waals surface area (Å²) in [5.41, 5.74) is -6.42. The lowest BCUT2D eigenvalue weighted by atomic mass is 9.84. The van der Waals surface area contributed by atoms with Gasteiger partial charge in [-0.1, -0.05) is 6.08 Å². The Labute approximate surface area is 386 Å². The van der Waals surface area contributed by atoms with E-state index in [2.05, 4.69) is 32.0 Å². The molecule has 3 rings (SSSR count). The summed E-state index contributed by atoms with van der Waals surface area (Å²) in [5.74, 6) is -5.13. The van der Waals surface area contributed by atoms with Gasteiger partial charge in [0.1, 0.15) is 5.60 Å². The number of phosphoric acid groups is 2. The Morgan fingerprint density at radius 1 is 0.833 bits per heavy atom. The van der Waals surface area contributed by atoms with E-state index in [4.69, 9.17) is 53.6 Å². The van der Waals surface area contributed by atoms with Crippen molar-refractivity contribution in [1.82, 2.24) is 19.5 Å². The fourth-order valence-electron chi connectivity index (χ4n) is 5.25. The number of ether oxygens (including phenoxy) is 5. The third-order valence-corrected chi connectivity index (χ3v) is 11.6. The summed E-state index contributed by atoms with van der Waals surface area (Å²) < 4.78 is 121. The van der Waals surface area contributed by atoms with E-state index in [1.807, 2.05) is 0 Å². The van der Waals surface area contributed by atoms with Gasteiger partial charge in [-0.15, -0.1) is 6.58 Å². The molecular formula is C40H64FN5O18P2. The van der Waals surface area contributed by atoms with E-state index < -0.39 is 125 Å². The average Bonchev–Trinajstić information content (AvgIpc) is 3.77. The second-order valence-corrected chi connectivity index (χ2v) is 22.1. The quantitative estimate of drug-likeness (QED) is 0.0355. The summed E-state index contributed by atoms with van der Waals surface area (Å²) in [7, 11) is -9.87. The molecule has 0 bridgehead atoms. The van der Waals surface area contributed by atoms with E-state index in [9.17, 15) is 28.3 Å². The molecule has 0 amide bonds. The predicted molar refractivity (Wildman–Crippen MR) is 230 cm³/mol. The molecule has 1 aliphatic rings. The Morgan fingerprint density at radius 2 is 1.30 bits per heavy atom. The summed E-state index contributed by atoms with van der Waals surface area (Å²) in [5, 5.41) is 7.31. The van der Waals surface area contributed by atoms with Gasteiger partial charge < -0.3 is 38.6 Å². The van der Waals surface area contributed by atoms with Crippen molar-refractivity contribution >= 4 is 56.6 Å². The van der Waals surface area contributed by atoms with Crippen LogP contribution in [0.15, 0.2) is 19.0 Å². The topological polar surface area (TPSA) is 280 Å². The van der Waals surface area contributed by atoms with E-state index >= 15 is 4.39 Å². The smallest absolute Gasteiger partial charge is 0.437 e. The number of carbonyl (C=O) groups excluding carboxylic acids is 4. The van der Waals surface area contributed by atoms with Gasteiger partial charge in [0.2, 0.25) is 34.6 Å². The lowest BCUT2D eigenvalue weighted by molar-refractivity contribution is -0.165. The number of aromatic nitrogens is 4. The molecule has 4 atom stereocenters. The van der Waals surface area contributed by atoms with Crippen molar-refractivity contribution in [3.63, 3.8) is 0 Å². The summed E-state index contributed by atoms with van der Waals surface area (Å²) >= 11 is 0. The minimum Gasteiger partial charge on any atom is -0.437 e.